The number of likely N-dealkylation sites (tertiary alicyclic amines) is 1. The van der Waals surface area contributed by atoms with Crippen molar-refractivity contribution in [1.82, 2.24) is 10.2 Å². The number of nitrogens with one attached hydrogen (secondary N) is 1. The van der Waals surface area contributed by atoms with Gasteiger partial charge in [-0.1, -0.05) is 18.2 Å². The lowest BCUT2D eigenvalue weighted by atomic mass is 10.0. The molecule has 2 rings (SSSR count). The van der Waals surface area contributed by atoms with Crippen molar-refractivity contribution in [2.45, 2.75) is 33.2 Å². The van der Waals surface area contributed by atoms with E-state index in [9.17, 15) is 4.79 Å². The van der Waals surface area contributed by atoms with Gasteiger partial charge in [-0.05, 0) is 43.4 Å². The van der Waals surface area contributed by atoms with E-state index < -0.39 is 0 Å². The van der Waals surface area contributed by atoms with Gasteiger partial charge in [-0.3, -0.25) is 4.79 Å². The predicted molar refractivity (Wildman–Crippen MR) is 73.4 cm³/mol. The van der Waals surface area contributed by atoms with Crippen LogP contribution in [-0.2, 0) is 11.3 Å². The molecule has 0 bridgehead atoms. The summed E-state index contributed by atoms with van der Waals surface area (Å²) in [5, 5.41) is 3.27. The van der Waals surface area contributed by atoms with Gasteiger partial charge in [0.1, 0.15) is 0 Å². The number of rotatable bonds is 4. The smallest absolute Gasteiger partial charge is 0.236 e. The average Bonchev–Trinajstić information content (AvgIpc) is 2.86. The van der Waals surface area contributed by atoms with Crippen molar-refractivity contribution in [3.8, 4) is 0 Å². The Morgan fingerprint density at radius 3 is 2.44 bits per heavy atom. The lowest BCUT2D eigenvalue weighted by molar-refractivity contribution is -0.129. The van der Waals surface area contributed by atoms with Crippen LogP contribution in [0.25, 0.3) is 0 Å². The molecule has 1 aromatic carbocycles. The van der Waals surface area contributed by atoms with Crippen LogP contribution in [0.4, 0.5) is 0 Å². The molecule has 0 atom stereocenters. The van der Waals surface area contributed by atoms with Crippen LogP contribution in [0.3, 0.4) is 0 Å². The van der Waals surface area contributed by atoms with Gasteiger partial charge in [0.05, 0.1) is 6.54 Å². The third kappa shape index (κ3) is 3.10. The number of amides is 1. The van der Waals surface area contributed by atoms with Gasteiger partial charge < -0.3 is 10.2 Å². The first-order valence-corrected chi connectivity index (χ1v) is 6.72. The number of hydrogen-bond donors (Lipinski definition) is 1. The minimum atomic E-state index is 0.235. The van der Waals surface area contributed by atoms with E-state index in [1.807, 2.05) is 4.90 Å². The molecule has 1 heterocycles. The molecule has 0 aliphatic carbocycles. The molecule has 0 aromatic heterocycles. The first kappa shape index (κ1) is 13.1. The van der Waals surface area contributed by atoms with Gasteiger partial charge >= 0.3 is 0 Å². The molecule has 3 heteroatoms. The summed E-state index contributed by atoms with van der Waals surface area (Å²) < 4.78 is 0. The van der Waals surface area contributed by atoms with Crippen LogP contribution < -0.4 is 5.32 Å². The van der Waals surface area contributed by atoms with E-state index in [1.54, 1.807) is 0 Å². The van der Waals surface area contributed by atoms with Crippen molar-refractivity contribution < 1.29 is 4.79 Å². The highest BCUT2D eigenvalue weighted by molar-refractivity contribution is 5.78. The van der Waals surface area contributed by atoms with Crippen molar-refractivity contribution in [2.24, 2.45) is 0 Å². The lowest BCUT2D eigenvalue weighted by Crippen LogP contribution is -2.36. The standard InChI is InChI=1S/C15H22N2O/c1-12-6-5-7-13(2)14(12)10-16-11-15(18)17-8-3-4-9-17/h5-7,16H,3-4,8-11H2,1-2H3. The number of aryl methyl sites for hydroxylation is 2. The van der Waals surface area contributed by atoms with Crippen LogP contribution in [0.5, 0.6) is 0 Å². The topological polar surface area (TPSA) is 32.3 Å². The fraction of sp³-hybridized carbons (Fsp3) is 0.533. The quantitative estimate of drug-likeness (QED) is 0.881. The molecule has 0 spiro atoms. The fourth-order valence-electron chi connectivity index (χ4n) is 2.50. The molecule has 1 aromatic rings. The molecule has 1 aliphatic heterocycles. The molecule has 1 aliphatic rings. The van der Waals surface area contributed by atoms with Crippen molar-refractivity contribution in [3.05, 3.63) is 34.9 Å². The highest BCUT2D eigenvalue weighted by Crippen LogP contribution is 2.12. The van der Waals surface area contributed by atoms with Gasteiger partial charge in [0, 0.05) is 19.6 Å². The first-order valence-electron chi connectivity index (χ1n) is 6.72. The van der Waals surface area contributed by atoms with Crippen molar-refractivity contribution in [2.75, 3.05) is 19.6 Å². The van der Waals surface area contributed by atoms with Gasteiger partial charge in [-0.15, -0.1) is 0 Å². The zero-order valence-corrected chi connectivity index (χ0v) is 11.3. The molecule has 3 nitrogen and oxygen atoms in total. The monoisotopic (exact) mass is 246 g/mol. The molecule has 1 amide bonds. The SMILES string of the molecule is Cc1cccc(C)c1CNCC(=O)N1CCCC1. The summed E-state index contributed by atoms with van der Waals surface area (Å²) >= 11 is 0. The molecule has 0 radical (unpaired) electrons. The van der Waals surface area contributed by atoms with Crippen LogP contribution in [0.15, 0.2) is 18.2 Å². The second-order valence-electron chi connectivity index (χ2n) is 5.06. The van der Waals surface area contributed by atoms with Gasteiger partial charge in [0.25, 0.3) is 0 Å². The van der Waals surface area contributed by atoms with Crippen LogP contribution in [-0.4, -0.2) is 30.4 Å². The Labute approximate surface area is 109 Å². The maximum atomic E-state index is 11.9. The van der Waals surface area contributed by atoms with Crippen LogP contribution >= 0.6 is 0 Å². The Hall–Kier alpha value is -1.35. The average molecular weight is 246 g/mol. The highest BCUT2D eigenvalue weighted by Gasteiger charge is 2.17. The fourth-order valence-corrected chi connectivity index (χ4v) is 2.50. The third-order valence-corrected chi connectivity index (χ3v) is 3.68. The Morgan fingerprint density at radius 1 is 1.22 bits per heavy atom. The molecule has 0 saturated carbocycles. The zero-order valence-electron chi connectivity index (χ0n) is 11.3. The Morgan fingerprint density at radius 2 is 1.83 bits per heavy atom. The van der Waals surface area contributed by atoms with E-state index in [-0.39, 0.29) is 5.91 Å². The van der Waals surface area contributed by atoms with Crippen LogP contribution in [0.2, 0.25) is 0 Å². The summed E-state index contributed by atoms with van der Waals surface area (Å²) in [7, 11) is 0. The second kappa shape index (κ2) is 6.01. The highest BCUT2D eigenvalue weighted by atomic mass is 16.2. The molecule has 98 valence electrons. The van der Waals surface area contributed by atoms with Crippen molar-refractivity contribution >= 4 is 5.91 Å². The Balaban J connectivity index is 1.83. The molecule has 1 fully saturated rings. The molecule has 18 heavy (non-hydrogen) atoms. The van der Waals surface area contributed by atoms with E-state index in [4.69, 9.17) is 0 Å². The van der Waals surface area contributed by atoms with E-state index in [1.165, 1.54) is 16.7 Å². The molecule has 1 saturated heterocycles. The minimum absolute atomic E-state index is 0.235. The minimum Gasteiger partial charge on any atom is -0.342 e. The Bertz CT molecular complexity index is 402. The van der Waals surface area contributed by atoms with Crippen molar-refractivity contribution in [1.29, 1.82) is 0 Å². The number of benzene rings is 1. The zero-order chi connectivity index (χ0) is 13.0. The molecule has 1 N–H and O–H groups in total. The maximum absolute atomic E-state index is 11.9. The molecular weight excluding hydrogens is 224 g/mol. The summed E-state index contributed by atoms with van der Waals surface area (Å²) in [5.74, 6) is 0.235. The lowest BCUT2D eigenvalue weighted by Gasteiger charge is -2.16. The molecule has 0 unspecified atom stereocenters. The van der Waals surface area contributed by atoms with E-state index in [0.29, 0.717) is 6.54 Å². The number of hydrogen-bond acceptors (Lipinski definition) is 2. The third-order valence-electron chi connectivity index (χ3n) is 3.68. The van der Waals surface area contributed by atoms with Gasteiger partial charge in [-0.2, -0.15) is 0 Å². The summed E-state index contributed by atoms with van der Waals surface area (Å²) in [5.41, 5.74) is 3.89. The largest absolute Gasteiger partial charge is 0.342 e. The summed E-state index contributed by atoms with van der Waals surface area (Å²) in [6.07, 6.45) is 2.31. The molecular formula is C15H22N2O. The summed E-state index contributed by atoms with van der Waals surface area (Å²) in [4.78, 5) is 13.8. The van der Waals surface area contributed by atoms with Crippen LogP contribution in [0.1, 0.15) is 29.5 Å². The predicted octanol–water partition coefficient (Wildman–Crippen LogP) is 2.02. The normalized spacial score (nSPS) is 15.1. The van der Waals surface area contributed by atoms with E-state index in [0.717, 1.165) is 32.5 Å². The first-order chi connectivity index (χ1) is 8.68. The Kier molecular flexibility index (Phi) is 4.37. The maximum Gasteiger partial charge on any atom is 0.236 e. The van der Waals surface area contributed by atoms with E-state index >= 15 is 0 Å². The van der Waals surface area contributed by atoms with Crippen LogP contribution in [0, 0.1) is 13.8 Å². The summed E-state index contributed by atoms with van der Waals surface area (Å²) in [6.45, 7) is 7.33. The number of carbonyl (C=O) groups excluding carboxylic acids is 1. The van der Waals surface area contributed by atoms with E-state index in [2.05, 4.69) is 37.4 Å². The number of carbonyl (C=O) groups is 1. The second-order valence-corrected chi connectivity index (χ2v) is 5.06. The van der Waals surface area contributed by atoms with Crippen molar-refractivity contribution in [3.63, 3.8) is 0 Å². The van der Waals surface area contributed by atoms with Gasteiger partial charge in [0.15, 0.2) is 0 Å². The number of nitrogens with zero attached hydrogens (tertiary/aromatic N) is 1. The summed E-state index contributed by atoms with van der Waals surface area (Å²) in [6, 6.07) is 6.31. The van der Waals surface area contributed by atoms with Gasteiger partial charge in [0.2, 0.25) is 5.91 Å². The van der Waals surface area contributed by atoms with Gasteiger partial charge in [-0.25, -0.2) is 0 Å².